The summed E-state index contributed by atoms with van der Waals surface area (Å²) in [6, 6.07) is 0. The minimum absolute atomic E-state index is 0.181. The fourth-order valence-corrected chi connectivity index (χ4v) is 1.03. The van der Waals surface area contributed by atoms with Gasteiger partial charge in [0.2, 0.25) is 5.95 Å². The van der Waals surface area contributed by atoms with Crippen LogP contribution in [0.2, 0.25) is 0 Å². The normalized spacial score (nSPS) is 13.5. The highest BCUT2D eigenvalue weighted by atomic mass is 15.1. The summed E-state index contributed by atoms with van der Waals surface area (Å²) in [6.45, 7) is 0. The van der Waals surface area contributed by atoms with E-state index in [4.69, 9.17) is 11.5 Å². The molecule has 0 aromatic carbocycles. The molecule has 56 valence electrons. The van der Waals surface area contributed by atoms with Gasteiger partial charge in [-0.1, -0.05) is 0 Å². The molecular weight excluding hydrogens is 142 g/mol. The first kappa shape index (κ1) is 6.09. The van der Waals surface area contributed by atoms with Gasteiger partial charge in [-0.05, 0) is 0 Å². The van der Waals surface area contributed by atoms with Gasteiger partial charge < -0.3 is 11.5 Å². The highest BCUT2D eigenvalue weighted by molar-refractivity contribution is 5.77. The molecule has 4 N–H and O–H groups in total. The Hall–Kier alpha value is -1.65. The molecule has 2 heterocycles. The molecule has 1 aliphatic rings. The fraction of sp³-hybridized carbons (Fsp3) is 0.167. The van der Waals surface area contributed by atoms with E-state index in [0.29, 0.717) is 18.1 Å². The maximum absolute atomic E-state index is 5.56. The lowest BCUT2D eigenvalue weighted by molar-refractivity contribution is 1.15. The Labute approximate surface area is 63.2 Å². The van der Waals surface area contributed by atoms with Crippen LogP contribution in [0.5, 0.6) is 0 Å². The number of fused-ring (bicyclic) bond motifs is 1. The fourth-order valence-electron chi connectivity index (χ4n) is 1.03. The monoisotopic (exact) mass is 149 g/mol. The van der Waals surface area contributed by atoms with Gasteiger partial charge in [0, 0.05) is 18.2 Å². The third-order valence-corrected chi connectivity index (χ3v) is 1.54. The molecule has 2 rings (SSSR count). The second-order valence-corrected chi connectivity index (χ2v) is 2.29. The van der Waals surface area contributed by atoms with Gasteiger partial charge >= 0.3 is 0 Å². The molecule has 0 spiro atoms. The van der Waals surface area contributed by atoms with E-state index in [9.17, 15) is 0 Å². The number of rotatable bonds is 0. The first-order chi connectivity index (χ1) is 5.27. The zero-order chi connectivity index (χ0) is 7.84. The van der Waals surface area contributed by atoms with Crippen molar-refractivity contribution in [1.29, 1.82) is 0 Å². The summed E-state index contributed by atoms with van der Waals surface area (Å²) < 4.78 is 0. The van der Waals surface area contributed by atoms with Crippen LogP contribution < -0.4 is 11.5 Å². The Morgan fingerprint density at radius 2 is 2.09 bits per heavy atom. The molecule has 5 heteroatoms. The molecule has 0 saturated carbocycles. The van der Waals surface area contributed by atoms with Crippen molar-refractivity contribution in [3.63, 3.8) is 0 Å². The Morgan fingerprint density at radius 1 is 1.27 bits per heavy atom. The lowest BCUT2D eigenvalue weighted by Crippen LogP contribution is -2.02. The average Bonchev–Trinajstić information content (AvgIpc) is 2.34. The molecular formula is C6H7N5. The van der Waals surface area contributed by atoms with E-state index in [1.165, 1.54) is 0 Å². The minimum Gasteiger partial charge on any atom is -0.383 e. The molecule has 0 fully saturated rings. The van der Waals surface area contributed by atoms with Crippen LogP contribution >= 0.6 is 0 Å². The highest BCUT2D eigenvalue weighted by Gasteiger charge is 2.12. The number of hydrogen-bond acceptors (Lipinski definition) is 5. The third-order valence-electron chi connectivity index (χ3n) is 1.54. The molecule has 0 aliphatic carbocycles. The molecule has 0 radical (unpaired) electrons. The SMILES string of the molecule is Nc1nc(N)c2c(n1)N=CC2. The van der Waals surface area contributed by atoms with E-state index in [2.05, 4.69) is 15.0 Å². The first-order valence-electron chi connectivity index (χ1n) is 3.22. The molecule has 0 unspecified atom stereocenters. The number of aliphatic imine (C=N–C) groups is 1. The number of nitrogens with zero attached hydrogens (tertiary/aromatic N) is 3. The second-order valence-electron chi connectivity index (χ2n) is 2.29. The van der Waals surface area contributed by atoms with Crippen molar-refractivity contribution in [2.24, 2.45) is 4.99 Å². The summed E-state index contributed by atoms with van der Waals surface area (Å²) >= 11 is 0. The minimum atomic E-state index is 0.181. The maximum Gasteiger partial charge on any atom is 0.224 e. The van der Waals surface area contributed by atoms with Gasteiger partial charge in [-0.15, -0.1) is 0 Å². The maximum atomic E-state index is 5.56. The van der Waals surface area contributed by atoms with Gasteiger partial charge in [-0.3, -0.25) is 0 Å². The van der Waals surface area contributed by atoms with Crippen molar-refractivity contribution in [3.8, 4) is 0 Å². The number of nitrogens with two attached hydrogens (primary N) is 2. The van der Waals surface area contributed by atoms with Gasteiger partial charge in [0.15, 0.2) is 5.82 Å². The van der Waals surface area contributed by atoms with Gasteiger partial charge in [-0.2, -0.15) is 9.97 Å². The highest BCUT2D eigenvalue weighted by Crippen LogP contribution is 2.25. The molecule has 0 amide bonds. The first-order valence-corrected chi connectivity index (χ1v) is 3.22. The van der Waals surface area contributed by atoms with Crippen molar-refractivity contribution in [3.05, 3.63) is 5.56 Å². The number of nitrogen functional groups attached to an aromatic ring is 2. The van der Waals surface area contributed by atoms with Crippen molar-refractivity contribution in [2.45, 2.75) is 6.42 Å². The van der Waals surface area contributed by atoms with Crippen LogP contribution in [0.1, 0.15) is 5.56 Å². The number of hydrogen-bond donors (Lipinski definition) is 2. The van der Waals surface area contributed by atoms with Crippen LogP contribution in [0.3, 0.4) is 0 Å². The van der Waals surface area contributed by atoms with Gasteiger partial charge in [0.25, 0.3) is 0 Å². The molecule has 1 aliphatic heterocycles. The van der Waals surface area contributed by atoms with Crippen LogP contribution in [0, 0.1) is 0 Å². The van der Waals surface area contributed by atoms with Crippen molar-refractivity contribution >= 4 is 23.8 Å². The lowest BCUT2D eigenvalue weighted by atomic mass is 10.2. The summed E-state index contributed by atoms with van der Waals surface area (Å²) in [6.07, 6.45) is 2.45. The van der Waals surface area contributed by atoms with Gasteiger partial charge in [-0.25, -0.2) is 4.99 Å². The smallest absolute Gasteiger partial charge is 0.224 e. The topological polar surface area (TPSA) is 90.2 Å². The van der Waals surface area contributed by atoms with Crippen LogP contribution in [-0.2, 0) is 6.42 Å². The zero-order valence-electron chi connectivity index (χ0n) is 5.78. The summed E-state index contributed by atoms with van der Waals surface area (Å²) in [7, 11) is 0. The van der Waals surface area contributed by atoms with Crippen LogP contribution in [0.15, 0.2) is 4.99 Å². The van der Waals surface area contributed by atoms with Crippen LogP contribution in [0.25, 0.3) is 0 Å². The van der Waals surface area contributed by atoms with Gasteiger partial charge in [0.1, 0.15) is 5.82 Å². The molecule has 1 aromatic rings. The van der Waals surface area contributed by atoms with E-state index in [1.54, 1.807) is 6.21 Å². The predicted octanol–water partition coefficient (Wildman–Crippen LogP) is -0.101. The number of anilines is 2. The van der Waals surface area contributed by atoms with E-state index in [0.717, 1.165) is 5.56 Å². The van der Waals surface area contributed by atoms with Crippen molar-refractivity contribution < 1.29 is 0 Å². The Morgan fingerprint density at radius 3 is 2.91 bits per heavy atom. The lowest BCUT2D eigenvalue weighted by Gasteiger charge is -2.00. The second kappa shape index (κ2) is 1.91. The van der Waals surface area contributed by atoms with Gasteiger partial charge in [0.05, 0.1) is 0 Å². The third kappa shape index (κ3) is 0.813. The van der Waals surface area contributed by atoms with Crippen molar-refractivity contribution in [1.82, 2.24) is 9.97 Å². The van der Waals surface area contributed by atoms with Crippen molar-refractivity contribution in [2.75, 3.05) is 11.5 Å². The number of aromatic nitrogens is 2. The summed E-state index contributed by atoms with van der Waals surface area (Å²) in [5.74, 6) is 1.22. The summed E-state index contributed by atoms with van der Waals surface area (Å²) in [5.41, 5.74) is 11.8. The predicted molar refractivity (Wildman–Crippen MR) is 42.7 cm³/mol. The standard InChI is InChI=1S/C6H7N5/c7-4-3-1-2-9-5(3)11-6(8)10-4/h2H,1H2,(H4,7,8,10,11). The Bertz CT molecular complexity index is 330. The summed E-state index contributed by atoms with van der Waals surface area (Å²) in [4.78, 5) is 11.7. The molecule has 0 saturated heterocycles. The molecule has 0 bridgehead atoms. The van der Waals surface area contributed by atoms with E-state index >= 15 is 0 Å². The summed E-state index contributed by atoms with van der Waals surface area (Å²) in [5, 5.41) is 0. The molecule has 1 aromatic heterocycles. The Kier molecular flexibility index (Phi) is 1.06. The van der Waals surface area contributed by atoms with E-state index in [-0.39, 0.29) is 5.95 Å². The Balaban J connectivity index is 2.66. The van der Waals surface area contributed by atoms with E-state index < -0.39 is 0 Å². The van der Waals surface area contributed by atoms with E-state index in [1.807, 2.05) is 0 Å². The van der Waals surface area contributed by atoms with Crippen LogP contribution in [-0.4, -0.2) is 16.2 Å². The zero-order valence-corrected chi connectivity index (χ0v) is 5.78. The van der Waals surface area contributed by atoms with Crippen LogP contribution in [0.4, 0.5) is 17.6 Å². The molecule has 11 heavy (non-hydrogen) atoms. The average molecular weight is 149 g/mol. The molecule has 0 atom stereocenters. The largest absolute Gasteiger partial charge is 0.383 e. The quantitative estimate of drug-likeness (QED) is 0.539. The molecule has 5 nitrogen and oxygen atoms in total.